The van der Waals surface area contributed by atoms with Gasteiger partial charge in [0.1, 0.15) is 0 Å². The molecule has 2 aromatic carbocycles. The quantitative estimate of drug-likeness (QED) is 0.488. The number of rotatable bonds is 3. The van der Waals surface area contributed by atoms with Crippen molar-refractivity contribution < 1.29 is 26.3 Å². The van der Waals surface area contributed by atoms with Gasteiger partial charge in [-0.15, -0.1) is 11.8 Å². The predicted molar refractivity (Wildman–Crippen MR) is 72.4 cm³/mol. The van der Waals surface area contributed by atoms with E-state index in [1.165, 1.54) is 36.0 Å². The first-order valence-electron chi connectivity index (χ1n) is 6.12. The summed E-state index contributed by atoms with van der Waals surface area (Å²) in [6.45, 7) is 0. The number of hydrogen-bond donors (Lipinski definition) is 0. The third-order valence-electron chi connectivity index (χ3n) is 2.87. The maximum atomic E-state index is 12.4. The average molecular weight is 336 g/mol. The van der Waals surface area contributed by atoms with E-state index in [1.807, 2.05) is 0 Å². The molecule has 0 fully saturated rings. The van der Waals surface area contributed by atoms with E-state index >= 15 is 0 Å². The molecule has 0 amide bonds. The normalized spacial score (nSPS) is 12.5. The SMILES string of the molecule is FC(F)(F)c1ccc(CSc2ccc(C(F)(F)F)cc2)cc1. The highest BCUT2D eigenvalue weighted by Crippen LogP contribution is 2.32. The second kappa shape index (κ2) is 6.24. The van der Waals surface area contributed by atoms with Crippen LogP contribution in [0.1, 0.15) is 16.7 Å². The molecule has 0 atom stereocenters. The van der Waals surface area contributed by atoms with E-state index in [0.29, 0.717) is 16.2 Å². The van der Waals surface area contributed by atoms with Gasteiger partial charge in [-0.2, -0.15) is 26.3 Å². The van der Waals surface area contributed by atoms with Crippen LogP contribution in [0.5, 0.6) is 0 Å². The highest BCUT2D eigenvalue weighted by Gasteiger charge is 2.30. The van der Waals surface area contributed by atoms with Crippen molar-refractivity contribution in [2.75, 3.05) is 0 Å². The summed E-state index contributed by atoms with van der Waals surface area (Å²) in [5.41, 5.74) is -0.792. The van der Waals surface area contributed by atoms with Crippen molar-refractivity contribution in [1.29, 1.82) is 0 Å². The molecule has 2 rings (SSSR count). The van der Waals surface area contributed by atoms with Gasteiger partial charge in [-0.25, -0.2) is 0 Å². The Bertz CT molecular complexity index is 553. The van der Waals surface area contributed by atoms with Crippen molar-refractivity contribution in [3.05, 3.63) is 65.2 Å². The van der Waals surface area contributed by atoms with Crippen LogP contribution in [0.25, 0.3) is 0 Å². The molecule has 0 heterocycles. The maximum absolute atomic E-state index is 12.4. The Labute approximate surface area is 127 Å². The van der Waals surface area contributed by atoms with Crippen LogP contribution in [0.2, 0.25) is 0 Å². The molecule has 0 nitrogen and oxygen atoms in total. The summed E-state index contributed by atoms with van der Waals surface area (Å²) in [5, 5.41) is 0. The highest BCUT2D eigenvalue weighted by atomic mass is 32.2. The van der Waals surface area contributed by atoms with Crippen molar-refractivity contribution >= 4 is 11.8 Å². The Morgan fingerprint density at radius 3 is 1.45 bits per heavy atom. The maximum Gasteiger partial charge on any atom is 0.416 e. The first-order valence-corrected chi connectivity index (χ1v) is 7.11. The summed E-state index contributed by atoms with van der Waals surface area (Å²) in [7, 11) is 0. The van der Waals surface area contributed by atoms with Crippen molar-refractivity contribution in [1.82, 2.24) is 0 Å². The highest BCUT2D eigenvalue weighted by molar-refractivity contribution is 7.98. The monoisotopic (exact) mass is 336 g/mol. The van der Waals surface area contributed by atoms with Crippen LogP contribution in [-0.2, 0) is 18.1 Å². The van der Waals surface area contributed by atoms with E-state index in [2.05, 4.69) is 0 Å². The van der Waals surface area contributed by atoms with Gasteiger partial charge in [0, 0.05) is 10.6 Å². The van der Waals surface area contributed by atoms with Gasteiger partial charge in [0.15, 0.2) is 0 Å². The fourth-order valence-electron chi connectivity index (χ4n) is 1.70. The third kappa shape index (κ3) is 4.43. The van der Waals surface area contributed by atoms with E-state index in [1.54, 1.807) is 0 Å². The summed E-state index contributed by atoms with van der Waals surface area (Å²) in [5.74, 6) is 0.378. The van der Waals surface area contributed by atoms with Crippen molar-refractivity contribution in [2.45, 2.75) is 23.0 Å². The van der Waals surface area contributed by atoms with E-state index in [0.717, 1.165) is 24.3 Å². The minimum absolute atomic E-state index is 0.378. The molecule has 118 valence electrons. The van der Waals surface area contributed by atoms with Gasteiger partial charge in [-0.05, 0) is 42.0 Å². The first kappa shape index (κ1) is 16.7. The second-order valence-electron chi connectivity index (χ2n) is 4.51. The fourth-order valence-corrected chi connectivity index (χ4v) is 2.55. The zero-order valence-electron chi connectivity index (χ0n) is 11.0. The standard InChI is InChI=1S/C15H10F6S/c16-14(17,18)11-3-1-10(2-4-11)9-22-13-7-5-12(6-8-13)15(19,20)21/h1-8H,9H2. The van der Waals surface area contributed by atoms with Crippen LogP contribution < -0.4 is 0 Å². The zero-order chi connectivity index (χ0) is 16.4. The Kier molecular flexibility index (Phi) is 4.75. The molecule has 22 heavy (non-hydrogen) atoms. The van der Waals surface area contributed by atoms with E-state index < -0.39 is 23.5 Å². The van der Waals surface area contributed by atoms with Crippen LogP contribution in [0, 0.1) is 0 Å². The molecule has 0 radical (unpaired) electrons. The Morgan fingerprint density at radius 1 is 0.636 bits per heavy atom. The summed E-state index contributed by atoms with van der Waals surface area (Å²) in [4.78, 5) is 0.618. The molecule has 7 heteroatoms. The molecule has 0 aliphatic carbocycles. The van der Waals surface area contributed by atoms with E-state index in [4.69, 9.17) is 0 Å². The van der Waals surface area contributed by atoms with Gasteiger partial charge in [0.25, 0.3) is 0 Å². The minimum Gasteiger partial charge on any atom is -0.166 e. The topological polar surface area (TPSA) is 0 Å². The van der Waals surface area contributed by atoms with Gasteiger partial charge in [0.05, 0.1) is 11.1 Å². The number of benzene rings is 2. The molecule has 0 aliphatic heterocycles. The molecule has 0 bridgehead atoms. The van der Waals surface area contributed by atoms with Crippen LogP contribution >= 0.6 is 11.8 Å². The van der Waals surface area contributed by atoms with Crippen LogP contribution in [0.15, 0.2) is 53.4 Å². The molecular formula is C15H10F6S. The number of thioether (sulfide) groups is 1. The van der Waals surface area contributed by atoms with Crippen LogP contribution in [0.3, 0.4) is 0 Å². The molecule has 0 unspecified atom stereocenters. The van der Waals surface area contributed by atoms with Gasteiger partial charge >= 0.3 is 12.4 Å². The molecule has 0 saturated carbocycles. The van der Waals surface area contributed by atoms with Crippen molar-refractivity contribution in [3.8, 4) is 0 Å². The fraction of sp³-hybridized carbons (Fsp3) is 0.200. The zero-order valence-corrected chi connectivity index (χ0v) is 11.8. The lowest BCUT2D eigenvalue weighted by Gasteiger charge is -2.09. The summed E-state index contributed by atoms with van der Waals surface area (Å²) in [6.07, 6.45) is -8.75. The molecule has 0 aliphatic rings. The number of alkyl halides is 6. The molecule has 0 saturated heterocycles. The Hall–Kier alpha value is -1.63. The molecule has 0 N–H and O–H groups in total. The molecule has 2 aromatic rings. The Balaban J connectivity index is 1.98. The van der Waals surface area contributed by atoms with Gasteiger partial charge in [0.2, 0.25) is 0 Å². The van der Waals surface area contributed by atoms with Crippen molar-refractivity contribution in [3.63, 3.8) is 0 Å². The van der Waals surface area contributed by atoms with Gasteiger partial charge < -0.3 is 0 Å². The van der Waals surface area contributed by atoms with Crippen LogP contribution in [0.4, 0.5) is 26.3 Å². The van der Waals surface area contributed by atoms with E-state index in [9.17, 15) is 26.3 Å². The average Bonchev–Trinajstić information content (AvgIpc) is 2.44. The predicted octanol–water partition coefficient (Wildman–Crippen LogP) is 6.02. The lowest BCUT2D eigenvalue weighted by molar-refractivity contribution is -0.138. The smallest absolute Gasteiger partial charge is 0.166 e. The van der Waals surface area contributed by atoms with E-state index in [-0.39, 0.29) is 0 Å². The summed E-state index contributed by atoms with van der Waals surface area (Å²) < 4.78 is 74.4. The molecule has 0 spiro atoms. The lowest BCUT2D eigenvalue weighted by Crippen LogP contribution is -2.04. The van der Waals surface area contributed by atoms with Crippen LogP contribution in [-0.4, -0.2) is 0 Å². The van der Waals surface area contributed by atoms with Gasteiger partial charge in [-0.3, -0.25) is 0 Å². The second-order valence-corrected chi connectivity index (χ2v) is 5.55. The summed E-state index contributed by atoms with van der Waals surface area (Å²) >= 11 is 1.26. The molecule has 0 aromatic heterocycles. The minimum atomic E-state index is -4.38. The number of halogens is 6. The largest absolute Gasteiger partial charge is 0.416 e. The van der Waals surface area contributed by atoms with Crippen molar-refractivity contribution in [2.24, 2.45) is 0 Å². The third-order valence-corrected chi connectivity index (χ3v) is 3.95. The Morgan fingerprint density at radius 2 is 1.05 bits per heavy atom. The molecular weight excluding hydrogens is 326 g/mol. The summed E-state index contributed by atoms with van der Waals surface area (Å²) in [6, 6.07) is 9.35. The number of hydrogen-bond acceptors (Lipinski definition) is 1. The van der Waals surface area contributed by atoms with Gasteiger partial charge in [-0.1, -0.05) is 12.1 Å². The first-order chi connectivity index (χ1) is 10.2. The lowest BCUT2D eigenvalue weighted by atomic mass is 10.1.